The molecule has 2 saturated heterocycles. The van der Waals surface area contributed by atoms with Gasteiger partial charge in [0, 0.05) is 52.4 Å². The van der Waals surface area contributed by atoms with Crippen molar-refractivity contribution >= 4 is 0 Å². The van der Waals surface area contributed by atoms with Crippen molar-refractivity contribution in [3.63, 3.8) is 0 Å². The Morgan fingerprint density at radius 1 is 0.679 bits per heavy atom. The molecule has 3 nitrogen and oxygen atoms in total. The third-order valence-corrected chi connectivity index (χ3v) is 6.39. The van der Waals surface area contributed by atoms with E-state index in [2.05, 4.69) is 75.4 Å². The lowest BCUT2D eigenvalue weighted by Gasteiger charge is -2.39. The summed E-state index contributed by atoms with van der Waals surface area (Å²) in [7, 11) is 0. The molecule has 0 amide bonds. The molecular formula is C25H35N3. The highest BCUT2D eigenvalue weighted by molar-refractivity contribution is 5.15. The maximum absolute atomic E-state index is 2.72. The number of hydrogen-bond donors (Lipinski definition) is 0. The van der Waals surface area contributed by atoms with E-state index in [4.69, 9.17) is 0 Å². The maximum Gasteiger partial charge on any atom is 0.0233 e. The zero-order chi connectivity index (χ0) is 19.0. The Bertz CT molecular complexity index is 679. The van der Waals surface area contributed by atoms with Crippen LogP contribution in [0, 0.1) is 5.92 Å². The number of benzene rings is 2. The van der Waals surface area contributed by atoms with Crippen molar-refractivity contribution in [1.82, 2.24) is 14.7 Å². The van der Waals surface area contributed by atoms with Crippen LogP contribution >= 0.6 is 0 Å². The lowest BCUT2D eigenvalue weighted by Crippen LogP contribution is -2.49. The van der Waals surface area contributed by atoms with Crippen LogP contribution in [0.25, 0.3) is 0 Å². The summed E-state index contributed by atoms with van der Waals surface area (Å²) in [6.45, 7) is 11.1. The van der Waals surface area contributed by atoms with Gasteiger partial charge in [-0.3, -0.25) is 4.90 Å². The van der Waals surface area contributed by atoms with Gasteiger partial charge in [-0.2, -0.15) is 0 Å². The standard InChI is InChI=1S/C25H35N3/c1-3-8-23(9-4-1)13-15-26-16-18-27(19-17-26)21-25-12-7-14-28(22-25)20-24-10-5-2-6-11-24/h1-6,8-11,25H,7,12-22H2. The first-order valence-corrected chi connectivity index (χ1v) is 11.1. The molecule has 150 valence electrons. The minimum atomic E-state index is 0.841. The van der Waals surface area contributed by atoms with E-state index >= 15 is 0 Å². The van der Waals surface area contributed by atoms with Crippen molar-refractivity contribution < 1.29 is 0 Å². The molecule has 0 bridgehead atoms. The summed E-state index contributed by atoms with van der Waals surface area (Å²) in [5, 5.41) is 0. The number of piperidine rings is 1. The van der Waals surface area contributed by atoms with Gasteiger partial charge in [-0.25, -0.2) is 0 Å². The summed E-state index contributed by atoms with van der Waals surface area (Å²) in [4.78, 5) is 8.03. The summed E-state index contributed by atoms with van der Waals surface area (Å²) in [6, 6.07) is 21.9. The Labute approximate surface area is 171 Å². The molecule has 3 heteroatoms. The fraction of sp³-hybridized carbons (Fsp3) is 0.520. The number of nitrogens with zero attached hydrogens (tertiary/aromatic N) is 3. The first-order valence-electron chi connectivity index (χ1n) is 11.1. The largest absolute Gasteiger partial charge is 0.300 e. The quantitative estimate of drug-likeness (QED) is 0.727. The van der Waals surface area contributed by atoms with Gasteiger partial charge >= 0.3 is 0 Å². The second-order valence-electron chi connectivity index (χ2n) is 8.61. The van der Waals surface area contributed by atoms with Crippen molar-refractivity contribution in [2.75, 3.05) is 52.4 Å². The van der Waals surface area contributed by atoms with E-state index in [9.17, 15) is 0 Å². The Hall–Kier alpha value is -1.68. The topological polar surface area (TPSA) is 9.72 Å². The molecule has 2 aliphatic rings. The third kappa shape index (κ3) is 5.91. The number of rotatable bonds is 7. The smallest absolute Gasteiger partial charge is 0.0233 e. The highest BCUT2D eigenvalue weighted by Gasteiger charge is 2.24. The number of likely N-dealkylation sites (tertiary alicyclic amines) is 1. The van der Waals surface area contributed by atoms with Gasteiger partial charge < -0.3 is 9.80 Å². The van der Waals surface area contributed by atoms with E-state index in [-0.39, 0.29) is 0 Å². The van der Waals surface area contributed by atoms with Crippen molar-refractivity contribution in [2.45, 2.75) is 25.8 Å². The fourth-order valence-corrected chi connectivity index (χ4v) is 4.78. The van der Waals surface area contributed by atoms with Gasteiger partial charge in [0.15, 0.2) is 0 Å². The lowest BCUT2D eigenvalue weighted by molar-refractivity contribution is 0.0881. The zero-order valence-corrected chi connectivity index (χ0v) is 17.2. The number of hydrogen-bond acceptors (Lipinski definition) is 3. The van der Waals surface area contributed by atoms with Crippen LogP contribution in [0.5, 0.6) is 0 Å². The molecule has 0 radical (unpaired) electrons. The Balaban J connectivity index is 1.17. The third-order valence-electron chi connectivity index (χ3n) is 6.39. The molecule has 0 aromatic heterocycles. The SMILES string of the molecule is c1ccc(CCN2CCN(CC3CCCN(Cc4ccccc4)C3)CC2)cc1. The molecule has 1 unspecified atom stereocenters. The van der Waals surface area contributed by atoms with E-state index in [1.54, 1.807) is 0 Å². The molecule has 2 aromatic carbocycles. The van der Waals surface area contributed by atoms with Gasteiger partial charge in [0.1, 0.15) is 0 Å². The van der Waals surface area contributed by atoms with Crippen LogP contribution < -0.4 is 0 Å². The average Bonchev–Trinajstić information content (AvgIpc) is 2.75. The summed E-state index contributed by atoms with van der Waals surface area (Å²) in [6.07, 6.45) is 3.94. The molecule has 4 rings (SSSR count). The minimum absolute atomic E-state index is 0.841. The second-order valence-corrected chi connectivity index (χ2v) is 8.61. The van der Waals surface area contributed by atoms with Crippen LogP contribution in [-0.4, -0.2) is 67.1 Å². The second kappa shape index (κ2) is 10.2. The normalized spacial score (nSPS) is 22.4. The molecule has 2 fully saturated rings. The van der Waals surface area contributed by atoms with Crippen molar-refractivity contribution in [3.05, 3.63) is 71.8 Å². The van der Waals surface area contributed by atoms with E-state index < -0.39 is 0 Å². The Kier molecular flexibility index (Phi) is 7.15. The first-order chi connectivity index (χ1) is 13.8. The molecule has 28 heavy (non-hydrogen) atoms. The monoisotopic (exact) mass is 377 g/mol. The van der Waals surface area contributed by atoms with Gasteiger partial charge in [0.25, 0.3) is 0 Å². The predicted molar refractivity (Wildman–Crippen MR) is 117 cm³/mol. The van der Waals surface area contributed by atoms with Crippen LogP contribution in [0.4, 0.5) is 0 Å². The van der Waals surface area contributed by atoms with Crippen molar-refractivity contribution in [1.29, 1.82) is 0 Å². The lowest BCUT2D eigenvalue weighted by atomic mass is 9.96. The predicted octanol–water partition coefficient (Wildman–Crippen LogP) is 3.76. The highest BCUT2D eigenvalue weighted by atomic mass is 15.3. The molecule has 1 atom stereocenters. The summed E-state index contributed by atoms with van der Waals surface area (Å²) in [5.41, 5.74) is 2.92. The van der Waals surface area contributed by atoms with E-state index in [1.165, 1.54) is 82.7 Å². The van der Waals surface area contributed by atoms with E-state index in [0.29, 0.717) is 0 Å². The molecule has 0 saturated carbocycles. The molecule has 2 aliphatic heterocycles. The van der Waals surface area contributed by atoms with Crippen molar-refractivity contribution in [3.8, 4) is 0 Å². The highest BCUT2D eigenvalue weighted by Crippen LogP contribution is 2.20. The van der Waals surface area contributed by atoms with Crippen LogP contribution in [0.3, 0.4) is 0 Å². The molecule has 2 aromatic rings. The molecule has 0 spiro atoms. The van der Waals surface area contributed by atoms with Gasteiger partial charge in [-0.1, -0.05) is 60.7 Å². The summed E-state index contributed by atoms with van der Waals surface area (Å²) >= 11 is 0. The average molecular weight is 378 g/mol. The molecule has 0 aliphatic carbocycles. The van der Waals surface area contributed by atoms with Gasteiger partial charge in [0.05, 0.1) is 0 Å². The maximum atomic E-state index is 2.72. The first kappa shape index (κ1) is 19.6. The molecule has 0 N–H and O–H groups in total. The summed E-state index contributed by atoms with van der Waals surface area (Å²) in [5.74, 6) is 0.841. The van der Waals surface area contributed by atoms with Gasteiger partial charge in [0.2, 0.25) is 0 Å². The Morgan fingerprint density at radius 2 is 1.32 bits per heavy atom. The number of piperazine rings is 1. The van der Waals surface area contributed by atoms with Crippen LogP contribution in [0.15, 0.2) is 60.7 Å². The Morgan fingerprint density at radius 3 is 2.04 bits per heavy atom. The van der Waals surface area contributed by atoms with Crippen LogP contribution in [0.1, 0.15) is 24.0 Å². The molecular weight excluding hydrogens is 342 g/mol. The van der Waals surface area contributed by atoms with Gasteiger partial charge in [-0.05, 0) is 42.9 Å². The zero-order valence-electron chi connectivity index (χ0n) is 17.2. The van der Waals surface area contributed by atoms with Crippen LogP contribution in [-0.2, 0) is 13.0 Å². The minimum Gasteiger partial charge on any atom is -0.300 e. The van der Waals surface area contributed by atoms with E-state index in [1.807, 2.05) is 0 Å². The van der Waals surface area contributed by atoms with E-state index in [0.717, 1.165) is 12.5 Å². The van der Waals surface area contributed by atoms with Crippen LogP contribution in [0.2, 0.25) is 0 Å². The molecule has 2 heterocycles. The van der Waals surface area contributed by atoms with Crippen molar-refractivity contribution in [2.24, 2.45) is 5.92 Å². The van der Waals surface area contributed by atoms with Gasteiger partial charge in [-0.15, -0.1) is 0 Å². The fourth-order valence-electron chi connectivity index (χ4n) is 4.78. The summed E-state index contributed by atoms with van der Waals surface area (Å²) < 4.78 is 0.